The highest BCUT2D eigenvalue weighted by molar-refractivity contribution is 5.81. The molecule has 0 saturated heterocycles. The summed E-state index contributed by atoms with van der Waals surface area (Å²) in [4.78, 5) is 16.1. The van der Waals surface area contributed by atoms with Crippen LogP contribution in [0.3, 0.4) is 0 Å². The van der Waals surface area contributed by atoms with Crippen molar-refractivity contribution in [2.75, 3.05) is 0 Å². The molecule has 0 aromatic carbocycles. The second-order valence-electron chi connectivity index (χ2n) is 6.70. The molecule has 4 heteroatoms. The van der Waals surface area contributed by atoms with Crippen molar-refractivity contribution in [1.82, 2.24) is 10.1 Å². The molecular formula is C16H26N2O2. The number of Topliss-reactive ketones (excluding diaryl/α,β-unsaturated/α-hetero) is 1. The van der Waals surface area contributed by atoms with Crippen molar-refractivity contribution in [3.05, 3.63) is 11.7 Å². The summed E-state index contributed by atoms with van der Waals surface area (Å²) in [5, 5.41) is 4.08. The summed E-state index contributed by atoms with van der Waals surface area (Å²) in [7, 11) is 0. The molecule has 2 rings (SSSR count). The number of ketones is 1. The highest BCUT2D eigenvalue weighted by Crippen LogP contribution is 2.37. The van der Waals surface area contributed by atoms with Gasteiger partial charge in [0.15, 0.2) is 5.82 Å². The Morgan fingerprint density at radius 2 is 1.85 bits per heavy atom. The Hall–Kier alpha value is -1.19. The van der Waals surface area contributed by atoms with Gasteiger partial charge in [0.05, 0.1) is 6.42 Å². The zero-order valence-corrected chi connectivity index (χ0v) is 13.1. The Morgan fingerprint density at radius 1 is 1.20 bits per heavy atom. The van der Waals surface area contributed by atoms with Crippen molar-refractivity contribution in [2.45, 2.75) is 65.7 Å². The van der Waals surface area contributed by atoms with E-state index < -0.39 is 0 Å². The molecule has 0 amide bonds. The molecule has 0 N–H and O–H groups in total. The Labute approximate surface area is 121 Å². The summed E-state index contributed by atoms with van der Waals surface area (Å²) in [5.74, 6) is 3.47. The van der Waals surface area contributed by atoms with E-state index in [-0.39, 0.29) is 18.1 Å². The lowest BCUT2D eigenvalue weighted by Gasteiger charge is -2.29. The SMILES string of the molecule is CC(C)C(=O)Cc1nc(C2CCC(C(C)C)CC2)no1. The third-order valence-electron chi connectivity index (χ3n) is 4.53. The van der Waals surface area contributed by atoms with Crippen LogP contribution in [0.2, 0.25) is 0 Å². The van der Waals surface area contributed by atoms with Crippen molar-refractivity contribution in [3.63, 3.8) is 0 Å². The van der Waals surface area contributed by atoms with Crippen molar-refractivity contribution in [1.29, 1.82) is 0 Å². The minimum Gasteiger partial charge on any atom is -0.339 e. The van der Waals surface area contributed by atoms with Gasteiger partial charge in [0, 0.05) is 11.8 Å². The average Bonchev–Trinajstić information content (AvgIpc) is 2.87. The van der Waals surface area contributed by atoms with Gasteiger partial charge in [-0.15, -0.1) is 0 Å². The summed E-state index contributed by atoms with van der Waals surface area (Å²) < 4.78 is 5.23. The molecule has 0 atom stereocenters. The summed E-state index contributed by atoms with van der Waals surface area (Å²) in [6, 6.07) is 0. The minimum atomic E-state index is 0.0202. The normalized spacial score (nSPS) is 23.5. The van der Waals surface area contributed by atoms with E-state index in [0.717, 1.165) is 30.5 Å². The van der Waals surface area contributed by atoms with Crippen LogP contribution in [0.15, 0.2) is 4.52 Å². The monoisotopic (exact) mass is 278 g/mol. The van der Waals surface area contributed by atoms with E-state index >= 15 is 0 Å². The third kappa shape index (κ3) is 3.68. The number of hydrogen-bond donors (Lipinski definition) is 0. The lowest BCUT2D eigenvalue weighted by Crippen LogP contribution is -2.18. The van der Waals surface area contributed by atoms with Gasteiger partial charge in [0.2, 0.25) is 5.89 Å². The number of carbonyl (C=O) groups is 1. The maximum Gasteiger partial charge on any atom is 0.234 e. The van der Waals surface area contributed by atoms with E-state index in [1.165, 1.54) is 12.8 Å². The van der Waals surface area contributed by atoms with Gasteiger partial charge in [-0.2, -0.15) is 4.98 Å². The molecule has 1 fully saturated rings. The van der Waals surface area contributed by atoms with Crippen LogP contribution in [0.1, 0.15) is 71.0 Å². The highest BCUT2D eigenvalue weighted by Gasteiger charge is 2.27. The number of rotatable bonds is 5. The van der Waals surface area contributed by atoms with Crippen molar-refractivity contribution < 1.29 is 9.32 Å². The Balaban J connectivity index is 1.91. The molecule has 0 unspecified atom stereocenters. The molecule has 1 aromatic rings. The quantitative estimate of drug-likeness (QED) is 0.822. The zero-order valence-electron chi connectivity index (χ0n) is 13.1. The lowest BCUT2D eigenvalue weighted by molar-refractivity contribution is -0.121. The van der Waals surface area contributed by atoms with Gasteiger partial charge in [-0.1, -0.05) is 32.9 Å². The van der Waals surface area contributed by atoms with Gasteiger partial charge in [0.1, 0.15) is 5.78 Å². The van der Waals surface area contributed by atoms with Crippen LogP contribution in [0.25, 0.3) is 0 Å². The van der Waals surface area contributed by atoms with Gasteiger partial charge in [-0.3, -0.25) is 4.79 Å². The summed E-state index contributed by atoms with van der Waals surface area (Å²) >= 11 is 0. The van der Waals surface area contributed by atoms with E-state index in [1.54, 1.807) is 0 Å². The van der Waals surface area contributed by atoms with Crippen molar-refractivity contribution in [3.8, 4) is 0 Å². The largest absolute Gasteiger partial charge is 0.339 e. The molecule has 4 nitrogen and oxygen atoms in total. The smallest absolute Gasteiger partial charge is 0.234 e. The van der Waals surface area contributed by atoms with Crippen LogP contribution >= 0.6 is 0 Å². The predicted molar refractivity (Wildman–Crippen MR) is 77.4 cm³/mol. The Bertz CT molecular complexity index is 443. The molecular weight excluding hydrogens is 252 g/mol. The topological polar surface area (TPSA) is 56.0 Å². The molecule has 1 heterocycles. The second-order valence-corrected chi connectivity index (χ2v) is 6.70. The average molecular weight is 278 g/mol. The fraction of sp³-hybridized carbons (Fsp3) is 0.812. The van der Waals surface area contributed by atoms with Crippen LogP contribution in [0.5, 0.6) is 0 Å². The van der Waals surface area contributed by atoms with Gasteiger partial charge in [0.25, 0.3) is 0 Å². The molecule has 0 aliphatic heterocycles. The van der Waals surface area contributed by atoms with Crippen molar-refractivity contribution >= 4 is 5.78 Å². The number of carbonyl (C=O) groups excluding carboxylic acids is 1. The standard InChI is InChI=1S/C16H26N2O2/c1-10(2)12-5-7-13(8-6-12)16-17-15(20-18-16)9-14(19)11(3)4/h10-13H,5-9H2,1-4H3. The minimum absolute atomic E-state index is 0.0202. The third-order valence-corrected chi connectivity index (χ3v) is 4.53. The Morgan fingerprint density at radius 3 is 2.40 bits per heavy atom. The van der Waals surface area contributed by atoms with E-state index in [0.29, 0.717) is 11.8 Å². The first-order valence-corrected chi connectivity index (χ1v) is 7.82. The van der Waals surface area contributed by atoms with Gasteiger partial charge >= 0.3 is 0 Å². The summed E-state index contributed by atoms with van der Waals surface area (Å²) in [6.07, 6.45) is 5.04. The summed E-state index contributed by atoms with van der Waals surface area (Å²) in [6.45, 7) is 8.39. The van der Waals surface area contributed by atoms with E-state index in [9.17, 15) is 4.79 Å². The van der Waals surface area contributed by atoms with Crippen LogP contribution in [0, 0.1) is 17.8 Å². The van der Waals surface area contributed by atoms with Crippen LogP contribution in [-0.2, 0) is 11.2 Å². The maximum atomic E-state index is 11.7. The predicted octanol–water partition coefficient (Wildman–Crippen LogP) is 3.77. The molecule has 1 saturated carbocycles. The van der Waals surface area contributed by atoms with Gasteiger partial charge in [-0.05, 0) is 37.5 Å². The molecule has 0 radical (unpaired) electrons. The second kappa shape index (κ2) is 6.51. The van der Waals surface area contributed by atoms with E-state index in [4.69, 9.17) is 4.52 Å². The highest BCUT2D eigenvalue weighted by atomic mass is 16.5. The van der Waals surface area contributed by atoms with Crippen LogP contribution in [-0.4, -0.2) is 15.9 Å². The molecule has 0 bridgehead atoms. The first-order valence-electron chi connectivity index (χ1n) is 7.82. The van der Waals surface area contributed by atoms with E-state index in [2.05, 4.69) is 24.0 Å². The number of aromatic nitrogens is 2. The first-order chi connectivity index (χ1) is 9.47. The maximum absolute atomic E-state index is 11.7. The first kappa shape index (κ1) is 15.2. The van der Waals surface area contributed by atoms with Crippen LogP contribution in [0.4, 0.5) is 0 Å². The molecule has 0 spiro atoms. The molecule has 1 aliphatic carbocycles. The van der Waals surface area contributed by atoms with E-state index in [1.807, 2.05) is 13.8 Å². The number of hydrogen-bond acceptors (Lipinski definition) is 4. The molecule has 112 valence electrons. The fourth-order valence-electron chi connectivity index (χ4n) is 2.90. The Kier molecular flexibility index (Phi) is 4.95. The zero-order chi connectivity index (χ0) is 14.7. The number of nitrogens with zero attached hydrogens (tertiary/aromatic N) is 2. The summed E-state index contributed by atoms with van der Waals surface area (Å²) in [5.41, 5.74) is 0. The lowest BCUT2D eigenvalue weighted by atomic mass is 9.77. The molecule has 20 heavy (non-hydrogen) atoms. The van der Waals surface area contributed by atoms with Crippen molar-refractivity contribution in [2.24, 2.45) is 17.8 Å². The van der Waals surface area contributed by atoms with Gasteiger partial charge < -0.3 is 4.52 Å². The fourth-order valence-corrected chi connectivity index (χ4v) is 2.90. The van der Waals surface area contributed by atoms with Gasteiger partial charge in [-0.25, -0.2) is 0 Å². The molecule has 1 aliphatic rings. The molecule has 1 aromatic heterocycles. The van der Waals surface area contributed by atoms with Crippen LogP contribution < -0.4 is 0 Å².